The molecule has 1 aliphatic rings. The zero-order valence-electron chi connectivity index (χ0n) is 14.6. The fourth-order valence-corrected chi connectivity index (χ4v) is 3.27. The van der Waals surface area contributed by atoms with Crippen molar-refractivity contribution in [2.45, 2.75) is 32.1 Å². The van der Waals surface area contributed by atoms with Gasteiger partial charge in [0, 0.05) is 21.7 Å². The number of phenols is 1. The standard InChI is InChI=1S/C17H28N2O3Si/c1-19(12-21-7-8-23(2,3)4)17(18)14-9-13-10-15(20)5-6-16(13)22-11-14/h5-6,10,14,18,20H,7-9,11-12H2,1-4H3. The molecular weight excluding hydrogens is 308 g/mol. The number of hydrogen-bond donors (Lipinski definition) is 2. The number of nitrogens with zero attached hydrogens (tertiary/aromatic N) is 1. The lowest BCUT2D eigenvalue weighted by Crippen LogP contribution is -2.39. The van der Waals surface area contributed by atoms with Gasteiger partial charge in [-0.15, -0.1) is 0 Å². The van der Waals surface area contributed by atoms with Gasteiger partial charge in [-0.25, -0.2) is 0 Å². The minimum Gasteiger partial charge on any atom is -0.508 e. The van der Waals surface area contributed by atoms with Crippen LogP contribution in [0.1, 0.15) is 5.56 Å². The van der Waals surface area contributed by atoms with E-state index in [1.165, 1.54) is 0 Å². The molecule has 128 valence electrons. The van der Waals surface area contributed by atoms with Crippen LogP contribution in [0, 0.1) is 11.3 Å². The number of amidine groups is 1. The van der Waals surface area contributed by atoms with Crippen molar-refractivity contribution in [3.05, 3.63) is 23.8 Å². The van der Waals surface area contributed by atoms with Gasteiger partial charge in [0.2, 0.25) is 0 Å². The molecule has 1 heterocycles. The predicted molar refractivity (Wildman–Crippen MR) is 95.3 cm³/mol. The van der Waals surface area contributed by atoms with Crippen molar-refractivity contribution in [1.29, 1.82) is 5.41 Å². The van der Waals surface area contributed by atoms with Crippen molar-refractivity contribution in [2.24, 2.45) is 5.92 Å². The molecule has 2 rings (SSSR count). The van der Waals surface area contributed by atoms with E-state index in [9.17, 15) is 5.11 Å². The Labute approximate surface area is 139 Å². The van der Waals surface area contributed by atoms with Gasteiger partial charge in [-0.1, -0.05) is 19.6 Å². The number of ether oxygens (including phenoxy) is 2. The first-order valence-corrected chi connectivity index (χ1v) is 11.8. The monoisotopic (exact) mass is 336 g/mol. The second kappa shape index (κ2) is 7.36. The molecular formula is C17H28N2O3Si. The summed E-state index contributed by atoms with van der Waals surface area (Å²) in [4.78, 5) is 1.84. The Morgan fingerprint density at radius 1 is 1.43 bits per heavy atom. The maximum atomic E-state index is 9.59. The average molecular weight is 337 g/mol. The molecule has 5 nitrogen and oxygen atoms in total. The zero-order valence-corrected chi connectivity index (χ0v) is 15.6. The second-order valence-electron chi connectivity index (χ2n) is 7.44. The minimum absolute atomic E-state index is 0.00473. The molecule has 0 spiro atoms. The van der Waals surface area contributed by atoms with Crippen LogP contribution < -0.4 is 4.74 Å². The summed E-state index contributed by atoms with van der Waals surface area (Å²) in [6, 6.07) is 6.27. The van der Waals surface area contributed by atoms with Crippen LogP contribution in [0.3, 0.4) is 0 Å². The van der Waals surface area contributed by atoms with Crippen LogP contribution >= 0.6 is 0 Å². The van der Waals surface area contributed by atoms with Crippen LogP contribution in [0.2, 0.25) is 25.7 Å². The minimum atomic E-state index is -1.07. The molecule has 0 saturated heterocycles. The van der Waals surface area contributed by atoms with Crippen LogP contribution in [-0.2, 0) is 11.2 Å². The van der Waals surface area contributed by atoms with Crippen LogP contribution in [0.4, 0.5) is 0 Å². The van der Waals surface area contributed by atoms with Crippen LogP contribution in [0.15, 0.2) is 18.2 Å². The van der Waals surface area contributed by atoms with Crippen LogP contribution in [0.5, 0.6) is 11.5 Å². The summed E-state index contributed by atoms with van der Waals surface area (Å²) in [6.07, 6.45) is 0.710. The van der Waals surface area contributed by atoms with Crippen molar-refractivity contribution in [1.82, 2.24) is 4.90 Å². The second-order valence-corrected chi connectivity index (χ2v) is 13.1. The molecule has 1 aliphatic heterocycles. The number of hydrogen-bond acceptors (Lipinski definition) is 4. The normalized spacial score (nSPS) is 17.3. The Kier molecular flexibility index (Phi) is 5.70. The molecule has 1 aromatic rings. The van der Waals surface area contributed by atoms with Crippen molar-refractivity contribution in [3.63, 3.8) is 0 Å². The summed E-state index contributed by atoms with van der Waals surface area (Å²) in [6.45, 7) is 8.67. The molecule has 0 aliphatic carbocycles. The number of rotatable bonds is 6. The van der Waals surface area contributed by atoms with Crippen molar-refractivity contribution < 1.29 is 14.6 Å². The number of aromatic hydroxyl groups is 1. The van der Waals surface area contributed by atoms with E-state index in [0.717, 1.165) is 24.0 Å². The molecule has 0 bridgehead atoms. The molecule has 0 radical (unpaired) electrons. The lowest BCUT2D eigenvalue weighted by molar-refractivity contribution is 0.0802. The van der Waals surface area contributed by atoms with Crippen molar-refractivity contribution in [2.75, 3.05) is 27.0 Å². The number of fused-ring (bicyclic) bond motifs is 1. The summed E-state index contributed by atoms with van der Waals surface area (Å²) in [7, 11) is 0.809. The molecule has 0 saturated carbocycles. The highest BCUT2D eigenvalue weighted by Crippen LogP contribution is 2.30. The lowest BCUT2D eigenvalue weighted by Gasteiger charge is -2.30. The highest BCUT2D eigenvalue weighted by atomic mass is 28.3. The van der Waals surface area contributed by atoms with Gasteiger partial charge >= 0.3 is 0 Å². The fourth-order valence-electron chi connectivity index (χ4n) is 2.52. The van der Waals surface area contributed by atoms with Crippen molar-refractivity contribution in [3.8, 4) is 11.5 Å². The Bertz CT molecular complexity index is 557. The van der Waals surface area contributed by atoms with Gasteiger partial charge in [-0.2, -0.15) is 0 Å². The molecule has 1 unspecified atom stereocenters. The summed E-state index contributed by atoms with van der Waals surface area (Å²) < 4.78 is 11.4. The molecule has 0 amide bonds. The van der Waals surface area contributed by atoms with E-state index < -0.39 is 8.07 Å². The summed E-state index contributed by atoms with van der Waals surface area (Å²) in [5.41, 5.74) is 0.957. The smallest absolute Gasteiger partial charge is 0.122 e. The van der Waals surface area contributed by atoms with Gasteiger partial charge in [0.25, 0.3) is 0 Å². The van der Waals surface area contributed by atoms with E-state index in [-0.39, 0.29) is 11.7 Å². The maximum absolute atomic E-state index is 9.59. The van der Waals surface area contributed by atoms with Crippen LogP contribution in [0.25, 0.3) is 0 Å². The molecule has 6 heteroatoms. The highest BCUT2D eigenvalue weighted by Gasteiger charge is 2.26. The molecule has 0 fully saturated rings. The first kappa shape index (κ1) is 17.8. The van der Waals surface area contributed by atoms with Gasteiger partial charge in [0.05, 0.1) is 12.5 Å². The van der Waals surface area contributed by atoms with E-state index in [2.05, 4.69) is 19.6 Å². The zero-order chi connectivity index (χ0) is 17.0. The maximum Gasteiger partial charge on any atom is 0.122 e. The molecule has 1 aromatic carbocycles. The SMILES string of the molecule is CN(COCC[Si](C)(C)C)C(=N)C1COc2ccc(O)cc2C1. The van der Waals surface area contributed by atoms with E-state index in [1.807, 2.05) is 11.9 Å². The van der Waals surface area contributed by atoms with Crippen LogP contribution in [-0.4, -0.2) is 50.9 Å². The topological polar surface area (TPSA) is 65.8 Å². The summed E-state index contributed by atoms with van der Waals surface area (Å²) in [5.74, 6) is 1.56. The molecule has 1 atom stereocenters. The van der Waals surface area contributed by atoms with Gasteiger partial charge in [0.1, 0.15) is 24.1 Å². The van der Waals surface area contributed by atoms with Gasteiger partial charge in [0.15, 0.2) is 0 Å². The van der Waals surface area contributed by atoms with E-state index in [0.29, 0.717) is 25.6 Å². The third kappa shape index (κ3) is 5.25. The highest BCUT2D eigenvalue weighted by molar-refractivity contribution is 6.76. The number of phenolic OH excluding ortho intramolecular Hbond substituents is 1. The van der Waals surface area contributed by atoms with E-state index in [4.69, 9.17) is 14.9 Å². The van der Waals surface area contributed by atoms with E-state index in [1.54, 1.807) is 18.2 Å². The van der Waals surface area contributed by atoms with Gasteiger partial charge in [-0.3, -0.25) is 5.41 Å². The summed E-state index contributed by atoms with van der Waals surface area (Å²) >= 11 is 0. The number of benzene rings is 1. The lowest BCUT2D eigenvalue weighted by atomic mass is 9.95. The first-order valence-electron chi connectivity index (χ1n) is 8.08. The quantitative estimate of drug-likeness (QED) is 0.275. The molecule has 2 N–H and O–H groups in total. The third-order valence-electron chi connectivity index (χ3n) is 4.03. The Balaban J connectivity index is 1.83. The van der Waals surface area contributed by atoms with Gasteiger partial charge in [-0.05, 0) is 36.2 Å². The summed E-state index contributed by atoms with van der Waals surface area (Å²) in [5, 5.41) is 17.9. The van der Waals surface area contributed by atoms with Crippen molar-refractivity contribution >= 4 is 13.9 Å². The largest absolute Gasteiger partial charge is 0.508 e. The third-order valence-corrected chi connectivity index (χ3v) is 5.73. The fraction of sp³-hybridized carbons (Fsp3) is 0.588. The molecule has 0 aromatic heterocycles. The molecule has 23 heavy (non-hydrogen) atoms. The number of nitrogens with one attached hydrogen (secondary N) is 1. The Morgan fingerprint density at radius 3 is 2.87 bits per heavy atom. The predicted octanol–water partition coefficient (Wildman–Crippen LogP) is 3.16. The van der Waals surface area contributed by atoms with E-state index >= 15 is 0 Å². The Hall–Kier alpha value is -1.53. The first-order chi connectivity index (χ1) is 10.8. The Morgan fingerprint density at radius 2 is 2.17 bits per heavy atom. The van der Waals surface area contributed by atoms with Gasteiger partial charge < -0.3 is 19.5 Å². The average Bonchev–Trinajstić information content (AvgIpc) is 2.48.